The van der Waals surface area contributed by atoms with Crippen molar-refractivity contribution in [2.45, 2.75) is 46.2 Å². The van der Waals surface area contributed by atoms with E-state index >= 15 is 0 Å². The summed E-state index contributed by atoms with van der Waals surface area (Å²) >= 11 is 0. The van der Waals surface area contributed by atoms with Crippen molar-refractivity contribution in [1.82, 2.24) is 10.3 Å². The van der Waals surface area contributed by atoms with Crippen molar-refractivity contribution in [2.24, 2.45) is 5.92 Å². The lowest BCUT2D eigenvalue weighted by Crippen LogP contribution is -2.21. The van der Waals surface area contributed by atoms with Gasteiger partial charge in [-0.2, -0.15) is 0 Å². The highest BCUT2D eigenvalue weighted by Gasteiger charge is 2.21. The van der Waals surface area contributed by atoms with E-state index in [4.69, 9.17) is 4.74 Å². The van der Waals surface area contributed by atoms with Crippen molar-refractivity contribution < 1.29 is 9.53 Å². The number of ether oxygens (including phenoxy) is 1. The van der Waals surface area contributed by atoms with Crippen molar-refractivity contribution in [1.29, 1.82) is 0 Å². The van der Waals surface area contributed by atoms with Crippen LogP contribution in [0.15, 0.2) is 48.7 Å². The SMILES string of the molecule is Cc1c(NC(=O)c2ccc(OCC3CC3)cc2)ccc2cc(CNC(C)C)cnc12. The summed E-state index contributed by atoms with van der Waals surface area (Å²) in [6, 6.07) is 13.9. The van der Waals surface area contributed by atoms with Crippen LogP contribution in [0.4, 0.5) is 5.69 Å². The quantitative estimate of drug-likeness (QED) is 0.550. The Kier molecular flexibility index (Phi) is 6.00. The average molecular weight is 404 g/mol. The number of benzene rings is 2. The first-order valence-electron chi connectivity index (χ1n) is 10.7. The summed E-state index contributed by atoms with van der Waals surface area (Å²) in [4.78, 5) is 17.4. The molecule has 0 saturated heterocycles. The Morgan fingerprint density at radius 1 is 1.17 bits per heavy atom. The van der Waals surface area contributed by atoms with E-state index in [9.17, 15) is 4.79 Å². The second kappa shape index (κ2) is 8.84. The molecule has 0 spiro atoms. The maximum atomic E-state index is 12.7. The van der Waals surface area contributed by atoms with Crippen LogP contribution in [0.1, 0.15) is 48.2 Å². The third kappa shape index (κ3) is 4.97. The Balaban J connectivity index is 1.45. The Labute approximate surface area is 177 Å². The van der Waals surface area contributed by atoms with Gasteiger partial charge >= 0.3 is 0 Å². The largest absolute Gasteiger partial charge is 0.493 e. The fourth-order valence-electron chi connectivity index (χ4n) is 3.34. The molecule has 2 aromatic carbocycles. The minimum atomic E-state index is -0.135. The van der Waals surface area contributed by atoms with E-state index in [1.54, 1.807) is 12.1 Å². The van der Waals surface area contributed by atoms with Gasteiger partial charge in [0.1, 0.15) is 5.75 Å². The molecule has 0 atom stereocenters. The smallest absolute Gasteiger partial charge is 0.255 e. The van der Waals surface area contributed by atoms with Crippen molar-refractivity contribution in [3.8, 4) is 5.75 Å². The first kappa shape index (κ1) is 20.4. The maximum Gasteiger partial charge on any atom is 0.255 e. The standard InChI is InChI=1S/C25H29N3O2/c1-16(2)26-13-19-12-21-8-11-23(17(3)24(21)27-14-19)28-25(29)20-6-9-22(10-7-20)30-15-18-4-5-18/h6-12,14,16,18,26H,4-5,13,15H2,1-3H3,(H,28,29). The zero-order valence-corrected chi connectivity index (χ0v) is 17.9. The van der Waals surface area contributed by atoms with E-state index in [1.165, 1.54) is 12.8 Å². The molecule has 0 unspecified atom stereocenters. The summed E-state index contributed by atoms with van der Waals surface area (Å²) < 4.78 is 5.75. The molecule has 3 aromatic rings. The van der Waals surface area contributed by atoms with Crippen molar-refractivity contribution in [2.75, 3.05) is 11.9 Å². The molecule has 0 bridgehead atoms. The van der Waals surface area contributed by atoms with Crippen LogP contribution in [-0.2, 0) is 6.54 Å². The predicted molar refractivity (Wildman–Crippen MR) is 121 cm³/mol. The average Bonchev–Trinajstić information content (AvgIpc) is 3.57. The van der Waals surface area contributed by atoms with Crippen molar-refractivity contribution in [3.05, 3.63) is 65.4 Å². The van der Waals surface area contributed by atoms with Crippen LogP contribution in [-0.4, -0.2) is 23.5 Å². The zero-order chi connectivity index (χ0) is 21.1. The van der Waals surface area contributed by atoms with Crippen LogP contribution in [0.2, 0.25) is 0 Å². The van der Waals surface area contributed by atoms with Gasteiger partial charge in [-0.15, -0.1) is 0 Å². The number of hydrogen-bond acceptors (Lipinski definition) is 4. The second-order valence-corrected chi connectivity index (χ2v) is 8.42. The van der Waals surface area contributed by atoms with E-state index in [0.29, 0.717) is 17.5 Å². The minimum Gasteiger partial charge on any atom is -0.493 e. The number of hydrogen-bond donors (Lipinski definition) is 2. The highest BCUT2D eigenvalue weighted by atomic mass is 16.5. The molecule has 1 aromatic heterocycles. The molecular formula is C25H29N3O2. The number of pyridine rings is 1. The summed E-state index contributed by atoms with van der Waals surface area (Å²) in [5, 5.41) is 7.51. The lowest BCUT2D eigenvalue weighted by atomic mass is 10.1. The molecular weight excluding hydrogens is 374 g/mol. The Morgan fingerprint density at radius 2 is 1.93 bits per heavy atom. The summed E-state index contributed by atoms with van der Waals surface area (Å²) in [5.41, 5.74) is 4.41. The van der Waals surface area contributed by atoms with Crippen LogP contribution in [0, 0.1) is 12.8 Å². The van der Waals surface area contributed by atoms with Crippen molar-refractivity contribution >= 4 is 22.5 Å². The summed E-state index contributed by atoms with van der Waals surface area (Å²) in [6.45, 7) is 7.80. The monoisotopic (exact) mass is 403 g/mol. The van der Waals surface area contributed by atoms with Crippen molar-refractivity contribution in [3.63, 3.8) is 0 Å². The molecule has 1 saturated carbocycles. The number of nitrogens with zero attached hydrogens (tertiary/aromatic N) is 1. The third-order valence-corrected chi connectivity index (χ3v) is 5.42. The normalized spacial score (nSPS) is 13.6. The lowest BCUT2D eigenvalue weighted by Gasteiger charge is -2.13. The highest BCUT2D eigenvalue weighted by Crippen LogP contribution is 2.29. The predicted octanol–water partition coefficient (Wildman–Crippen LogP) is 5.08. The van der Waals surface area contributed by atoms with Crippen LogP contribution in [0.25, 0.3) is 10.9 Å². The molecule has 1 aliphatic rings. The molecule has 156 valence electrons. The molecule has 1 amide bonds. The van der Waals surface area contributed by atoms with Gasteiger partial charge < -0.3 is 15.4 Å². The number of carbonyl (C=O) groups excluding carboxylic acids is 1. The molecule has 0 radical (unpaired) electrons. The van der Waals surface area contributed by atoms with Gasteiger partial charge in [-0.1, -0.05) is 19.9 Å². The number of rotatable bonds is 8. The molecule has 1 fully saturated rings. The molecule has 0 aliphatic heterocycles. The summed E-state index contributed by atoms with van der Waals surface area (Å²) in [7, 11) is 0. The van der Waals surface area contributed by atoms with E-state index in [2.05, 4.69) is 35.5 Å². The summed E-state index contributed by atoms with van der Waals surface area (Å²) in [5.74, 6) is 1.39. The number of carbonyl (C=O) groups is 1. The number of amides is 1. The molecule has 1 heterocycles. The molecule has 1 aliphatic carbocycles. The fourth-order valence-corrected chi connectivity index (χ4v) is 3.34. The van der Waals surface area contributed by atoms with Gasteiger partial charge in [0, 0.05) is 35.4 Å². The Morgan fingerprint density at radius 3 is 2.63 bits per heavy atom. The van der Waals surface area contributed by atoms with Gasteiger partial charge in [-0.05, 0) is 73.2 Å². The Bertz CT molecular complexity index is 1040. The van der Waals surface area contributed by atoms with Gasteiger partial charge in [0.05, 0.1) is 12.1 Å². The highest BCUT2D eigenvalue weighted by molar-refractivity contribution is 6.06. The number of aryl methyl sites for hydroxylation is 1. The number of aromatic nitrogens is 1. The van der Waals surface area contributed by atoms with Crippen LogP contribution >= 0.6 is 0 Å². The summed E-state index contributed by atoms with van der Waals surface area (Å²) in [6.07, 6.45) is 4.42. The first-order chi connectivity index (χ1) is 14.5. The van der Waals surface area contributed by atoms with Gasteiger partial charge in [-0.3, -0.25) is 9.78 Å². The molecule has 5 nitrogen and oxygen atoms in total. The number of nitrogens with one attached hydrogen (secondary N) is 2. The second-order valence-electron chi connectivity index (χ2n) is 8.42. The van der Waals surface area contributed by atoms with E-state index in [-0.39, 0.29) is 5.91 Å². The van der Waals surface area contributed by atoms with Gasteiger partial charge in [0.15, 0.2) is 0 Å². The maximum absolute atomic E-state index is 12.7. The molecule has 30 heavy (non-hydrogen) atoms. The van der Waals surface area contributed by atoms with Gasteiger partial charge in [0.25, 0.3) is 5.91 Å². The zero-order valence-electron chi connectivity index (χ0n) is 17.9. The number of fused-ring (bicyclic) bond motifs is 1. The fraction of sp³-hybridized carbons (Fsp3) is 0.360. The van der Waals surface area contributed by atoms with E-state index < -0.39 is 0 Å². The van der Waals surface area contributed by atoms with Gasteiger partial charge in [0.2, 0.25) is 0 Å². The van der Waals surface area contributed by atoms with E-state index in [0.717, 1.165) is 46.6 Å². The van der Waals surface area contributed by atoms with Crippen LogP contribution < -0.4 is 15.4 Å². The Hall–Kier alpha value is -2.92. The van der Waals surface area contributed by atoms with Crippen LogP contribution in [0.3, 0.4) is 0 Å². The molecule has 2 N–H and O–H groups in total. The van der Waals surface area contributed by atoms with E-state index in [1.807, 2.05) is 37.4 Å². The van der Waals surface area contributed by atoms with Crippen LogP contribution in [0.5, 0.6) is 5.75 Å². The molecule has 5 heteroatoms. The minimum absolute atomic E-state index is 0.135. The number of anilines is 1. The lowest BCUT2D eigenvalue weighted by molar-refractivity contribution is 0.102. The molecule has 4 rings (SSSR count). The topological polar surface area (TPSA) is 63.2 Å². The first-order valence-corrected chi connectivity index (χ1v) is 10.7. The van der Waals surface area contributed by atoms with Gasteiger partial charge in [-0.25, -0.2) is 0 Å². The third-order valence-electron chi connectivity index (χ3n) is 5.42.